The summed E-state index contributed by atoms with van der Waals surface area (Å²) in [6, 6.07) is 14.8. The number of hydrogen-bond acceptors (Lipinski definition) is 5. The molecule has 29 heavy (non-hydrogen) atoms. The van der Waals surface area contributed by atoms with Crippen LogP contribution in [0, 0.1) is 12.8 Å². The molecule has 1 atom stereocenters. The van der Waals surface area contributed by atoms with Crippen LogP contribution in [0.25, 0.3) is 0 Å². The van der Waals surface area contributed by atoms with E-state index in [4.69, 9.17) is 9.47 Å². The van der Waals surface area contributed by atoms with Crippen LogP contribution in [-0.2, 0) is 25.7 Å². The topological polar surface area (TPSA) is 84.9 Å². The number of ether oxygens (including phenoxy) is 2. The molecule has 7 heteroatoms. The first kappa shape index (κ1) is 20.4. The molecule has 1 heterocycles. The van der Waals surface area contributed by atoms with Gasteiger partial charge in [-0.25, -0.2) is 0 Å². The van der Waals surface area contributed by atoms with E-state index in [0.29, 0.717) is 24.5 Å². The molecule has 1 N–H and O–H groups in total. The first-order chi connectivity index (χ1) is 13.9. The van der Waals surface area contributed by atoms with Crippen LogP contribution < -0.4 is 10.1 Å². The summed E-state index contributed by atoms with van der Waals surface area (Å²) in [7, 11) is 1.54. The van der Waals surface area contributed by atoms with Gasteiger partial charge in [0.25, 0.3) is 5.91 Å². The van der Waals surface area contributed by atoms with Crippen molar-refractivity contribution >= 4 is 23.5 Å². The number of hydrogen-bond donors (Lipinski definition) is 1. The van der Waals surface area contributed by atoms with Crippen molar-refractivity contribution in [3.63, 3.8) is 0 Å². The minimum absolute atomic E-state index is 0.0895. The van der Waals surface area contributed by atoms with E-state index in [-0.39, 0.29) is 12.3 Å². The maximum atomic E-state index is 12.3. The molecule has 3 rings (SSSR count). The molecular weight excluding hydrogens is 372 g/mol. The molecule has 7 nitrogen and oxygen atoms in total. The van der Waals surface area contributed by atoms with Crippen LogP contribution in [0.15, 0.2) is 48.5 Å². The number of methoxy groups -OCH3 is 1. The van der Waals surface area contributed by atoms with Crippen molar-refractivity contribution in [3.8, 4) is 5.75 Å². The van der Waals surface area contributed by atoms with Gasteiger partial charge in [-0.15, -0.1) is 0 Å². The highest BCUT2D eigenvalue weighted by molar-refractivity contribution is 5.93. The van der Waals surface area contributed by atoms with Crippen LogP contribution in [0.3, 0.4) is 0 Å². The Morgan fingerprint density at radius 1 is 1.17 bits per heavy atom. The van der Waals surface area contributed by atoms with Crippen molar-refractivity contribution in [2.45, 2.75) is 19.9 Å². The second-order valence-corrected chi connectivity index (χ2v) is 7.05. The van der Waals surface area contributed by atoms with E-state index < -0.39 is 24.4 Å². The fraction of sp³-hybridized carbons (Fsp3) is 0.318. The SMILES string of the molecule is COc1cccc(NC(=O)COC(=O)[C@H]2CC(=O)N(Cc3ccc(C)cc3)C2)c1. The van der Waals surface area contributed by atoms with Crippen LogP contribution in [-0.4, -0.2) is 42.9 Å². The van der Waals surface area contributed by atoms with Gasteiger partial charge in [0.2, 0.25) is 5.91 Å². The standard InChI is InChI=1S/C22H24N2O5/c1-15-6-8-16(9-7-15)12-24-13-17(10-21(24)26)22(27)29-14-20(25)23-18-4-3-5-19(11-18)28-2/h3-9,11,17H,10,12-14H2,1-2H3,(H,23,25)/t17-/m0/s1. The number of nitrogens with one attached hydrogen (secondary N) is 1. The normalized spacial score (nSPS) is 15.9. The molecule has 1 aliphatic rings. The zero-order chi connectivity index (χ0) is 20.8. The third-order valence-electron chi connectivity index (χ3n) is 4.74. The number of anilines is 1. The van der Waals surface area contributed by atoms with Crippen LogP contribution in [0.2, 0.25) is 0 Å². The van der Waals surface area contributed by atoms with Crippen molar-refractivity contribution in [3.05, 3.63) is 59.7 Å². The first-order valence-electron chi connectivity index (χ1n) is 9.38. The molecule has 0 aliphatic carbocycles. The quantitative estimate of drug-likeness (QED) is 0.727. The molecule has 0 spiro atoms. The Hall–Kier alpha value is -3.35. The van der Waals surface area contributed by atoms with Crippen molar-refractivity contribution in [2.75, 3.05) is 25.6 Å². The Kier molecular flexibility index (Phi) is 6.49. The second kappa shape index (κ2) is 9.23. The molecule has 1 fully saturated rings. The molecule has 0 saturated carbocycles. The smallest absolute Gasteiger partial charge is 0.311 e. The predicted molar refractivity (Wildman–Crippen MR) is 107 cm³/mol. The number of benzene rings is 2. The highest BCUT2D eigenvalue weighted by atomic mass is 16.5. The Morgan fingerprint density at radius 2 is 1.93 bits per heavy atom. The number of aryl methyl sites for hydroxylation is 1. The molecule has 0 unspecified atom stereocenters. The van der Waals surface area contributed by atoms with Gasteiger partial charge in [-0.3, -0.25) is 14.4 Å². The van der Waals surface area contributed by atoms with Crippen molar-refractivity contribution in [1.82, 2.24) is 4.90 Å². The van der Waals surface area contributed by atoms with E-state index in [0.717, 1.165) is 11.1 Å². The molecule has 2 aromatic carbocycles. The van der Waals surface area contributed by atoms with Gasteiger partial charge in [0.15, 0.2) is 6.61 Å². The van der Waals surface area contributed by atoms with Crippen molar-refractivity contribution < 1.29 is 23.9 Å². The van der Waals surface area contributed by atoms with Crippen LogP contribution >= 0.6 is 0 Å². The monoisotopic (exact) mass is 396 g/mol. The fourth-order valence-corrected chi connectivity index (χ4v) is 3.15. The molecule has 0 bridgehead atoms. The molecule has 2 amide bonds. The van der Waals surface area contributed by atoms with E-state index in [9.17, 15) is 14.4 Å². The van der Waals surface area contributed by atoms with Gasteiger partial charge >= 0.3 is 5.97 Å². The molecule has 2 aromatic rings. The summed E-state index contributed by atoms with van der Waals surface area (Å²) in [5.41, 5.74) is 2.71. The lowest BCUT2D eigenvalue weighted by Crippen LogP contribution is -2.28. The number of nitrogens with zero attached hydrogens (tertiary/aromatic N) is 1. The van der Waals surface area contributed by atoms with Crippen LogP contribution in [0.1, 0.15) is 17.5 Å². The van der Waals surface area contributed by atoms with Crippen LogP contribution in [0.5, 0.6) is 5.75 Å². The van der Waals surface area contributed by atoms with Gasteiger partial charge in [0.1, 0.15) is 5.75 Å². The van der Waals surface area contributed by atoms with E-state index in [1.807, 2.05) is 31.2 Å². The molecule has 152 valence electrons. The summed E-state index contributed by atoms with van der Waals surface area (Å²) in [4.78, 5) is 38.2. The number of carbonyl (C=O) groups excluding carboxylic acids is 3. The van der Waals surface area contributed by atoms with Gasteiger partial charge in [-0.05, 0) is 24.6 Å². The summed E-state index contributed by atoms with van der Waals surface area (Å²) in [6.07, 6.45) is 0.0994. The highest BCUT2D eigenvalue weighted by Crippen LogP contribution is 2.22. The maximum absolute atomic E-state index is 12.3. The average molecular weight is 396 g/mol. The Labute approximate surface area is 169 Å². The molecule has 0 radical (unpaired) electrons. The van der Waals surface area contributed by atoms with E-state index >= 15 is 0 Å². The number of likely N-dealkylation sites (tertiary alicyclic amines) is 1. The predicted octanol–water partition coefficient (Wildman–Crippen LogP) is 2.53. The number of rotatable bonds is 7. The Balaban J connectivity index is 1.47. The summed E-state index contributed by atoms with van der Waals surface area (Å²) in [6.45, 7) is 2.35. The minimum atomic E-state index is -0.558. The van der Waals surface area contributed by atoms with Gasteiger partial charge < -0.3 is 19.7 Å². The second-order valence-electron chi connectivity index (χ2n) is 7.05. The third kappa shape index (κ3) is 5.57. The summed E-state index contributed by atoms with van der Waals surface area (Å²) in [5.74, 6) is -1.03. The Morgan fingerprint density at radius 3 is 2.66 bits per heavy atom. The lowest BCUT2D eigenvalue weighted by molar-refractivity contribution is -0.151. The third-order valence-corrected chi connectivity index (χ3v) is 4.74. The lowest BCUT2D eigenvalue weighted by atomic mass is 10.1. The average Bonchev–Trinajstić information content (AvgIpc) is 3.08. The van der Waals surface area contributed by atoms with Crippen LogP contribution in [0.4, 0.5) is 5.69 Å². The summed E-state index contributed by atoms with van der Waals surface area (Å²) >= 11 is 0. The summed E-state index contributed by atoms with van der Waals surface area (Å²) in [5, 5.41) is 2.64. The maximum Gasteiger partial charge on any atom is 0.311 e. The first-order valence-corrected chi connectivity index (χ1v) is 9.38. The summed E-state index contributed by atoms with van der Waals surface area (Å²) < 4.78 is 10.2. The largest absolute Gasteiger partial charge is 0.497 e. The van der Waals surface area contributed by atoms with E-state index in [1.165, 1.54) is 7.11 Å². The zero-order valence-electron chi connectivity index (χ0n) is 16.5. The molecule has 1 saturated heterocycles. The van der Waals surface area contributed by atoms with Gasteiger partial charge in [-0.1, -0.05) is 35.9 Å². The highest BCUT2D eigenvalue weighted by Gasteiger charge is 2.35. The van der Waals surface area contributed by atoms with E-state index in [2.05, 4.69) is 5.32 Å². The Bertz CT molecular complexity index is 894. The molecule has 0 aromatic heterocycles. The molecule has 1 aliphatic heterocycles. The minimum Gasteiger partial charge on any atom is -0.497 e. The molecular formula is C22H24N2O5. The van der Waals surface area contributed by atoms with Gasteiger partial charge in [0.05, 0.1) is 13.0 Å². The van der Waals surface area contributed by atoms with Crippen molar-refractivity contribution in [1.29, 1.82) is 0 Å². The lowest BCUT2D eigenvalue weighted by Gasteiger charge is -2.16. The van der Waals surface area contributed by atoms with Gasteiger partial charge in [-0.2, -0.15) is 0 Å². The van der Waals surface area contributed by atoms with E-state index in [1.54, 1.807) is 29.2 Å². The number of carbonyl (C=O) groups is 3. The number of esters is 1. The fourth-order valence-electron chi connectivity index (χ4n) is 3.15. The number of amides is 2. The van der Waals surface area contributed by atoms with Gasteiger partial charge in [0, 0.05) is 31.3 Å². The zero-order valence-corrected chi connectivity index (χ0v) is 16.5. The van der Waals surface area contributed by atoms with Crippen molar-refractivity contribution in [2.24, 2.45) is 5.92 Å².